The van der Waals surface area contributed by atoms with Crippen molar-refractivity contribution in [2.24, 2.45) is 0 Å². The van der Waals surface area contributed by atoms with Crippen molar-refractivity contribution in [2.45, 2.75) is 49.7 Å². The van der Waals surface area contributed by atoms with E-state index in [0.29, 0.717) is 39.0 Å². The molecule has 7 nitrogen and oxygen atoms in total. The third-order valence-electron chi connectivity index (χ3n) is 5.06. The molecule has 2 aromatic carbocycles. The first-order valence-corrected chi connectivity index (χ1v) is 11.6. The number of nitrogens with zero attached hydrogens (tertiary/aromatic N) is 3. The van der Waals surface area contributed by atoms with Crippen molar-refractivity contribution in [1.82, 2.24) is 14.8 Å². The molecule has 1 heterocycles. The van der Waals surface area contributed by atoms with Gasteiger partial charge in [0.1, 0.15) is 12.4 Å². The quantitative estimate of drug-likeness (QED) is 0.343. The van der Waals surface area contributed by atoms with Crippen LogP contribution < -0.4 is 10.1 Å². The fourth-order valence-electron chi connectivity index (χ4n) is 3.23. The van der Waals surface area contributed by atoms with Crippen LogP contribution in [0, 0.1) is 0 Å². The van der Waals surface area contributed by atoms with Crippen LogP contribution in [0.2, 0.25) is 5.02 Å². The summed E-state index contributed by atoms with van der Waals surface area (Å²) in [6, 6.07) is 14.6. The number of anilines is 1. The second kappa shape index (κ2) is 9.75. The van der Waals surface area contributed by atoms with Crippen LogP contribution in [0.1, 0.15) is 48.9 Å². The van der Waals surface area contributed by atoms with E-state index in [2.05, 4.69) is 20.1 Å². The molecule has 1 N–H and O–H groups in total. The summed E-state index contributed by atoms with van der Waals surface area (Å²) in [5.41, 5.74) is 0.994. The van der Waals surface area contributed by atoms with Crippen molar-refractivity contribution < 1.29 is 14.3 Å². The number of ketones is 1. The van der Waals surface area contributed by atoms with Gasteiger partial charge < -0.3 is 10.1 Å². The summed E-state index contributed by atoms with van der Waals surface area (Å²) in [6.07, 6.45) is 2.08. The molecule has 1 aromatic heterocycles. The van der Waals surface area contributed by atoms with Gasteiger partial charge in [-0.15, -0.1) is 10.2 Å². The van der Waals surface area contributed by atoms with Crippen LogP contribution in [0.15, 0.2) is 53.7 Å². The van der Waals surface area contributed by atoms with Gasteiger partial charge >= 0.3 is 0 Å². The lowest BCUT2D eigenvalue weighted by molar-refractivity contribution is -0.115. The van der Waals surface area contributed by atoms with Crippen LogP contribution in [0.3, 0.4) is 0 Å². The zero-order valence-electron chi connectivity index (χ0n) is 17.7. The van der Waals surface area contributed by atoms with Crippen molar-refractivity contribution in [2.75, 3.05) is 5.32 Å². The van der Waals surface area contributed by atoms with Gasteiger partial charge in [-0.25, -0.2) is 0 Å². The molecule has 1 atom stereocenters. The fraction of sp³-hybridized carbons (Fsp3) is 0.304. The number of rotatable bonds is 9. The van der Waals surface area contributed by atoms with Gasteiger partial charge in [-0.2, -0.15) is 0 Å². The lowest BCUT2D eigenvalue weighted by Crippen LogP contribution is -2.24. The third-order valence-corrected chi connectivity index (χ3v) is 6.43. The number of benzene rings is 2. The van der Waals surface area contributed by atoms with E-state index >= 15 is 0 Å². The molecule has 0 bridgehead atoms. The van der Waals surface area contributed by atoms with Crippen LogP contribution >= 0.6 is 23.4 Å². The Balaban J connectivity index is 1.45. The maximum atomic E-state index is 12.8. The zero-order valence-corrected chi connectivity index (χ0v) is 19.3. The monoisotopic (exact) mass is 470 g/mol. The van der Waals surface area contributed by atoms with Gasteiger partial charge in [-0.1, -0.05) is 47.6 Å². The largest absolute Gasteiger partial charge is 0.484 e. The average molecular weight is 471 g/mol. The van der Waals surface area contributed by atoms with Crippen LogP contribution in [0.4, 0.5) is 5.69 Å². The first kappa shape index (κ1) is 22.4. The van der Waals surface area contributed by atoms with E-state index < -0.39 is 5.25 Å². The summed E-state index contributed by atoms with van der Waals surface area (Å²) < 4.78 is 7.90. The summed E-state index contributed by atoms with van der Waals surface area (Å²) in [5.74, 6) is 0.982. The molecule has 9 heteroatoms. The number of para-hydroxylation sites is 2. The number of carbonyl (C=O) groups is 2. The molecule has 3 aromatic rings. The number of amides is 1. The van der Waals surface area contributed by atoms with Crippen molar-refractivity contribution in [3.63, 3.8) is 0 Å². The minimum absolute atomic E-state index is 0.0992. The van der Waals surface area contributed by atoms with Gasteiger partial charge in [-0.05, 0) is 51.0 Å². The van der Waals surface area contributed by atoms with Crippen molar-refractivity contribution in [1.29, 1.82) is 0 Å². The lowest BCUT2D eigenvalue weighted by Gasteiger charge is -2.15. The second-order valence-electron chi connectivity index (χ2n) is 7.57. The Hall–Kier alpha value is -2.84. The third kappa shape index (κ3) is 5.14. The highest BCUT2D eigenvalue weighted by atomic mass is 35.5. The Morgan fingerprint density at radius 1 is 1.19 bits per heavy atom. The van der Waals surface area contributed by atoms with Crippen molar-refractivity contribution in [3.05, 3.63) is 64.9 Å². The topological polar surface area (TPSA) is 86.1 Å². The van der Waals surface area contributed by atoms with Gasteiger partial charge in [0.2, 0.25) is 5.91 Å². The molecule has 0 spiro atoms. The summed E-state index contributed by atoms with van der Waals surface area (Å²) >= 11 is 7.51. The standard InChI is InChI=1S/C23H23ClN4O3S/c1-14(29)17-7-3-5-9-19(17)25-22(30)15(2)32-23-27-26-21(28(23)16-11-12-16)13-31-20-10-6-4-8-18(20)24/h3-10,15-16H,11-13H2,1-2H3,(H,25,30)/t15-/m0/s1. The van der Waals surface area contributed by atoms with E-state index in [-0.39, 0.29) is 18.3 Å². The van der Waals surface area contributed by atoms with Gasteiger partial charge in [0.05, 0.1) is 16.0 Å². The highest BCUT2D eigenvalue weighted by molar-refractivity contribution is 8.00. The van der Waals surface area contributed by atoms with E-state index in [0.717, 1.165) is 12.8 Å². The van der Waals surface area contributed by atoms with E-state index in [9.17, 15) is 9.59 Å². The molecule has 0 radical (unpaired) electrons. The number of halogens is 1. The smallest absolute Gasteiger partial charge is 0.237 e. The lowest BCUT2D eigenvalue weighted by atomic mass is 10.1. The average Bonchev–Trinajstić information content (AvgIpc) is 3.54. The molecular weight excluding hydrogens is 448 g/mol. The van der Waals surface area contributed by atoms with Crippen LogP contribution in [-0.4, -0.2) is 31.7 Å². The molecule has 1 fully saturated rings. The minimum Gasteiger partial charge on any atom is -0.484 e. The zero-order chi connectivity index (χ0) is 22.7. The normalized spacial score (nSPS) is 14.1. The number of thioether (sulfide) groups is 1. The number of aromatic nitrogens is 3. The SMILES string of the molecule is CC(=O)c1ccccc1NC(=O)[C@H](C)Sc1nnc(COc2ccccc2Cl)n1C1CC1. The van der Waals surface area contributed by atoms with E-state index in [4.69, 9.17) is 16.3 Å². The summed E-state index contributed by atoms with van der Waals surface area (Å²) in [4.78, 5) is 24.6. The summed E-state index contributed by atoms with van der Waals surface area (Å²) in [5, 5.41) is 12.3. The molecule has 1 amide bonds. The maximum Gasteiger partial charge on any atom is 0.237 e. The highest BCUT2D eigenvalue weighted by Crippen LogP contribution is 2.40. The Labute approximate surface area is 195 Å². The van der Waals surface area contributed by atoms with E-state index in [1.165, 1.54) is 18.7 Å². The Bertz CT molecular complexity index is 1150. The van der Waals surface area contributed by atoms with Crippen LogP contribution in [0.5, 0.6) is 5.75 Å². The Kier molecular flexibility index (Phi) is 6.81. The number of hydrogen-bond acceptors (Lipinski definition) is 6. The predicted molar refractivity (Wildman–Crippen MR) is 124 cm³/mol. The van der Waals surface area contributed by atoms with Gasteiger partial charge in [0.15, 0.2) is 16.8 Å². The molecular formula is C23H23ClN4O3S. The van der Waals surface area contributed by atoms with E-state index in [1.54, 1.807) is 36.4 Å². The first-order valence-electron chi connectivity index (χ1n) is 10.3. The highest BCUT2D eigenvalue weighted by Gasteiger charge is 2.31. The maximum absolute atomic E-state index is 12.8. The van der Waals surface area contributed by atoms with Crippen molar-refractivity contribution in [3.8, 4) is 5.75 Å². The molecule has 4 rings (SSSR count). The van der Waals surface area contributed by atoms with Gasteiger partial charge in [0, 0.05) is 11.6 Å². The molecule has 0 saturated heterocycles. The number of carbonyl (C=O) groups excluding carboxylic acids is 2. The number of ether oxygens (including phenoxy) is 1. The summed E-state index contributed by atoms with van der Waals surface area (Å²) in [7, 11) is 0. The molecule has 1 aliphatic carbocycles. The molecule has 32 heavy (non-hydrogen) atoms. The van der Waals surface area contributed by atoms with E-state index in [1.807, 2.05) is 19.1 Å². The number of hydrogen-bond donors (Lipinski definition) is 1. The molecule has 1 saturated carbocycles. The fourth-order valence-corrected chi connectivity index (χ4v) is 4.36. The number of nitrogens with one attached hydrogen (secondary N) is 1. The Morgan fingerprint density at radius 2 is 1.91 bits per heavy atom. The first-order chi connectivity index (χ1) is 15.4. The van der Waals surface area contributed by atoms with Crippen LogP contribution in [0.25, 0.3) is 0 Å². The molecule has 0 unspecified atom stereocenters. The molecule has 0 aliphatic heterocycles. The second-order valence-corrected chi connectivity index (χ2v) is 9.29. The Morgan fingerprint density at radius 3 is 2.62 bits per heavy atom. The predicted octanol–water partition coefficient (Wildman–Crippen LogP) is 5.17. The minimum atomic E-state index is -0.436. The van der Waals surface area contributed by atoms with Crippen molar-refractivity contribution >= 4 is 40.7 Å². The molecule has 1 aliphatic rings. The summed E-state index contributed by atoms with van der Waals surface area (Å²) in [6.45, 7) is 3.52. The van der Waals surface area contributed by atoms with Crippen LogP contribution in [-0.2, 0) is 11.4 Å². The number of Topliss-reactive ketones (excluding diaryl/α,β-unsaturated/α-hetero) is 1. The molecule has 166 valence electrons. The van der Waals surface area contributed by atoms with Gasteiger partial charge in [0.25, 0.3) is 0 Å². The van der Waals surface area contributed by atoms with Gasteiger partial charge in [-0.3, -0.25) is 14.2 Å².